The van der Waals surface area contributed by atoms with E-state index in [0.29, 0.717) is 0 Å². The van der Waals surface area contributed by atoms with Gasteiger partial charge in [0.15, 0.2) is 5.96 Å². The second-order valence-corrected chi connectivity index (χ2v) is 7.82. The molecule has 2 aliphatic heterocycles. The number of hydrogen-bond donors (Lipinski definition) is 1. The standard InChI is InChI=1S/C18H30N4S.HI/c1-3-19-18(22-9-4-5-15(2)13-22)20-8-11-21-10-6-17-16(14-21)7-12-23-17;/h7,12,15H,3-6,8-11,13-14H2,1-2H3,(H,19,20);1H. The molecule has 0 bridgehead atoms. The Bertz CT molecular complexity index is 531. The summed E-state index contributed by atoms with van der Waals surface area (Å²) in [5.41, 5.74) is 1.53. The van der Waals surface area contributed by atoms with Crippen molar-refractivity contribution < 1.29 is 0 Å². The molecule has 1 unspecified atom stereocenters. The van der Waals surface area contributed by atoms with Crippen molar-refractivity contribution in [3.05, 3.63) is 21.9 Å². The van der Waals surface area contributed by atoms with Crippen LogP contribution in [0.4, 0.5) is 0 Å². The number of piperidine rings is 1. The normalized spacial score (nSPS) is 22.0. The molecule has 1 saturated heterocycles. The lowest BCUT2D eigenvalue weighted by molar-refractivity contribution is 0.256. The molecule has 0 saturated carbocycles. The molecule has 3 heterocycles. The second kappa shape index (κ2) is 9.97. The molecule has 6 heteroatoms. The third-order valence-electron chi connectivity index (χ3n) is 4.86. The van der Waals surface area contributed by atoms with E-state index < -0.39 is 0 Å². The van der Waals surface area contributed by atoms with Crippen molar-refractivity contribution in [2.45, 2.75) is 39.7 Å². The van der Waals surface area contributed by atoms with E-state index in [2.05, 4.69) is 40.4 Å². The largest absolute Gasteiger partial charge is 0.357 e. The highest BCUT2D eigenvalue weighted by atomic mass is 127. The van der Waals surface area contributed by atoms with Crippen LogP contribution in [0.3, 0.4) is 0 Å². The summed E-state index contributed by atoms with van der Waals surface area (Å²) < 4.78 is 0. The van der Waals surface area contributed by atoms with Crippen LogP contribution in [0.2, 0.25) is 0 Å². The van der Waals surface area contributed by atoms with Crippen molar-refractivity contribution in [2.24, 2.45) is 10.9 Å². The van der Waals surface area contributed by atoms with Crippen molar-refractivity contribution in [3.8, 4) is 0 Å². The summed E-state index contributed by atoms with van der Waals surface area (Å²) in [6.45, 7) is 12.0. The van der Waals surface area contributed by atoms with Crippen LogP contribution in [0.15, 0.2) is 16.4 Å². The Balaban J connectivity index is 0.00000208. The van der Waals surface area contributed by atoms with E-state index in [9.17, 15) is 0 Å². The lowest BCUT2D eigenvalue weighted by atomic mass is 10.0. The Morgan fingerprint density at radius 3 is 3.08 bits per heavy atom. The summed E-state index contributed by atoms with van der Waals surface area (Å²) in [6, 6.07) is 2.29. The Kier molecular flexibility index (Phi) is 8.30. The molecule has 1 fully saturated rings. The van der Waals surface area contributed by atoms with Gasteiger partial charge in [0.1, 0.15) is 0 Å². The third-order valence-corrected chi connectivity index (χ3v) is 5.88. The van der Waals surface area contributed by atoms with Crippen molar-refractivity contribution in [1.82, 2.24) is 15.1 Å². The van der Waals surface area contributed by atoms with E-state index in [1.807, 2.05) is 11.3 Å². The van der Waals surface area contributed by atoms with Crippen LogP contribution in [-0.4, -0.2) is 55.0 Å². The molecule has 2 aliphatic rings. The Labute approximate surface area is 167 Å². The number of halogens is 1. The highest BCUT2D eigenvalue weighted by molar-refractivity contribution is 14.0. The van der Waals surface area contributed by atoms with Gasteiger partial charge in [-0.15, -0.1) is 35.3 Å². The second-order valence-electron chi connectivity index (χ2n) is 6.82. The SMILES string of the molecule is CCNC(=NCCN1CCc2sccc2C1)N1CCCC(C)C1.I. The van der Waals surface area contributed by atoms with Crippen LogP contribution in [0.5, 0.6) is 0 Å². The molecule has 24 heavy (non-hydrogen) atoms. The quantitative estimate of drug-likeness (QED) is 0.423. The number of fused-ring (bicyclic) bond motifs is 1. The summed E-state index contributed by atoms with van der Waals surface area (Å²) in [4.78, 5) is 11.5. The maximum Gasteiger partial charge on any atom is 0.193 e. The van der Waals surface area contributed by atoms with Crippen LogP contribution in [0, 0.1) is 5.92 Å². The fraction of sp³-hybridized carbons (Fsp3) is 0.722. The Morgan fingerprint density at radius 1 is 1.42 bits per heavy atom. The molecule has 0 aliphatic carbocycles. The first-order valence-corrected chi connectivity index (χ1v) is 9.95. The fourth-order valence-corrected chi connectivity index (χ4v) is 4.49. The van der Waals surface area contributed by atoms with Gasteiger partial charge in [-0.25, -0.2) is 0 Å². The minimum Gasteiger partial charge on any atom is -0.357 e. The van der Waals surface area contributed by atoms with E-state index >= 15 is 0 Å². The van der Waals surface area contributed by atoms with E-state index in [0.717, 1.165) is 51.1 Å². The minimum absolute atomic E-state index is 0. The molecule has 1 aromatic rings. The monoisotopic (exact) mass is 462 g/mol. The zero-order valence-corrected chi connectivity index (χ0v) is 18.1. The summed E-state index contributed by atoms with van der Waals surface area (Å²) in [5, 5.41) is 5.71. The number of nitrogens with zero attached hydrogens (tertiary/aromatic N) is 3. The minimum atomic E-state index is 0. The number of rotatable bonds is 4. The molecule has 0 amide bonds. The molecule has 0 radical (unpaired) electrons. The van der Waals surface area contributed by atoms with Crippen LogP contribution in [-0.2, 0) is 13.0 Å². The summed E-state index contributed by atoms with van der Waals surface area (Å²) in [7, 11) is 0. The Morgan fingerprint density at radius 2 is 2.29 bits per heavy atom. The number of guanidine groups is 1. The number of hydrogen-bond acceptors (Lipinski definition) is 3. The topological polar surface area (TPSA) is 30.9 Å². The molecular formula is C18H31IN4S. The van der Waals surface area contributed by atoms with Crippen LogP contribution >= 0.6 is 35.3 Å². The lowest BCUT2D eigenvalue weighted by Gasteiger charge is -2.33. The molecule has 3 rings (SSSR count). The van der Waals surface area contributed by atoms with Crippen LogP contribution < -0.4 is 5.32 Å². The smallest absolute Gasteiger partial charge is 0.193 e. The Hall–Kier alpha value is -0.340. The average Bonchev–Trinajstić information content (AvgIpc) is 3.02. The average molecular weight is 462 g/mol. The summed E-state index contributed by atoms with van der Waals surface area (Å²) in [6.07, 6.45) is 3.85. The van der Waals surface area contributed by atoms with Gasteiger partial charge in [0, 0.05) is 44.1 Å². The van der Waals surface area contributed by atoms with Crippen molar-refractivity contribution in [2.75, 3.05) is 39.3 Å². The van der Waals surface area contributed by atoms with E-state index in [1.54, 1.807) is 4.88 Å². The first-order chi connectivity index (χ1) is 11.3. The number of thiophene rings is 1. The van der Waals surface area contributed by atoms with Crippen molar-refractivity contribution in [3.63, 3.8) is 0 Å². The van der Waals surface area contributed by atoms with Gasteiger partial charge < -0.3 is 10.2 Å². The maximum atomic E-state index is 4.90. The molecule has 0 aromatic carbocycles. The zero-order valence-electron chi connectivity index (χ0n) is 15.0. The third kappa shape index (κ3) is 5.33. The predicted octanol–water partition coefficient (Wildman–Crippen LogP) is 3.42. The van der Waals surface area contributed by atoms with Gasteiger partial charge in [0.2, 0.25) is 0 Å². The van der Waals surface area contributed by atoms with Gasteiger partial charge in [-0.1, -0.05) is 6.92 Å². The van der Waals surface area contributed by atoms with Gasteiger partial charge in [-0.3, -0.25) is 9.89 Å². The molecule has 1 atom stereocenters. The number of aliphatic imine (C=N–C) groups is 1. The number of likely N-dealkylation sites (tertiary alicyclic amines) is 1. The summed E-state index contributed by atoms with van der Waals surface area (Å²) in [5.74, 6) is 1.90. The molecule has 136 valence electrons. The predicted molar refractivity (Wildman–Crippen MR) is 115 cm³/mol. The van der Waals surface area contributed by atoms with Gasteiger partial charge in [-0.2, -0.15) is 0 Å². The van der Waals surface area contributed by atoms with Crippen LogP contribution in [0.1, 0.15) is 37.1 Å². The van der Waals surface area contributed by atoms with Gasteiger partial charge >= 0.3 is 0 Å². The van der Waals surface area contributed by atoms with Gasteiger partial charge in [0.05, 0.1) is 6.54 Å². The fourth-order valence-electron chi connectivity index (χ4n) is 3.60. The van der Waals surface area contributed by atoms with E-state index in [1.165, 1.54) is 31.4 Å². The van der Waals surface area contributed by atoms with Gasteiger partial charge in [0.25, 0.3) is 0 Å². The number of nitrogens with one attached hydrogen (secondary N) is 1. The first-order valence-electron chi connectivity index (χ1n) is 9.07. The lowest BCUT2D eigenvalue weighted by Crippen LogP contribution is -2.46. The zero-order chi connectivity index (χ0) is 16.1. The first kappa shape index (κ1) is 20.0. The maximum absolute atomic E-state index is 4.90. The molecule has 0 spiro atoms. The molecule has 1 aromatic heterocycles. The van der Waals surface area contributed by atoms with Crippen molar-refractivity contribution in [1.29, 1.82) is 0 Å². The van der Waals surface area contributed by atoms with Gasteiger partial charge in [-0.05, 0) is 49.1 Å². The molecule has 1 N–H and O–H groups in total. The highest BCUT2D eigenvalue weighted by Crippen LogP contribution is 2.23. The summed E-state index contributed by atoms with van der Waals surface area (Å²) >= 11 is 1.91. The molecular weight excluding hydrogens is 431 g/mol. The van der Waals surface area contributed by atoms with E-state index in [4.69, 9.17) is 4.99 Å². The van der Waals surface area contributed by atoms with E-state index in [-0.39, 0.29) is 24.0 Å². The van der Waals surface area contributed by atoms with Crippen molar-refractivity contribution >= 4 is 41.3 Å². The highest BCUT2D eigenvalue weighted by Gasteiger charge is 2.20. The van der Waals surface area contributed by atoms with Crippen LogP contribution in [0.25, 0.3) is 0 Å². The molecule has 4 nitrogen and oxygen atoms in total.